The van der Waals surface area contributed by atoms with Crippen LogP contribution in [-0.2, 0) is 25.6 Å². The average molecular weight is 637 g/mol. The number of hydrogen-bond donors (Lipinski definition) is 3. The van der Waals surface area contributed by atoms with Gasteiger partial charge in [0.15, 0.2) is 0 Å². The van der Waals surface area contributed by atoms with Gasteiger partial charge in [0.05, 0.1) is 36.2 Å². The number of anilines is 1. The highest BCUT2D eigenvalue weighted by atomic mass is 16.4. The molecule has 0 bridgehead atoms. The zero-order chi connectivity index (χ0) is 33.8. The number of carbonyl (C=O) groups is 4. The summed E-state index contributed by atoms with van der Waals surface area (Å²) in [5.41, 5.74) is 8.49. The van der Waals surface area contributed by atoms with Crippen molar-refractivity contribution in [2.45, 2.75) is 6.42 Å². The van der Waals surface area contributed by atoms with E-state index in [0.29, 0.717) is 28.6 Å². The van der Waals surface area contributed by atoms with E-state index in [0.717, 1.165) is 10.5 Å². The summed E-state index contributed by atoms with van der Waals surface area (Å²) in [6.07, 6.45) is 0.439. The highest BCUT2D eigenvalue weighted by Crippen LogP contribution is 2.27. The summed E-state index contributed by atoms with van der Waals surface area (Å²) in [4.78, 5) is 56.4. The van der Waals surface area contributed by atoms with Crippen molar-refractivity contribution in [1.29, 1.82) is 0 Å². The minimum absolute atomic E-state index is 0.0852. The molecule has 0 fully saturated rings. The van der Waals surface area contributed by atoms with Gasteiger partial charge in [0.1, 0.15) is 0 Å². The van der Waals surface area contributed by atoms with Crippen LogP contribution in [0.2, 0.25) is 0 Å². The van der Waals surface area contributed by atoms with Gasteiger partial charge in [-0.1, -0.05) is 18.2 Å². The maximum Gasteiger partial charge on any atom is 0.317 e. The lowest BCUT2D eigenvalue weighted by atomic mass is 10.0. The van der Waals surface area contributed by atoms with E-state index in [4.69, 9.17) is 15.9 Å². The molecular formula is C30H32N6O10-4. The first-order valence-corrected chi connectivity index (χ1v) is 14.0. The van der Waals surface area contributed by atoms with Crippen LogP contribution in [0, 0.1) is 0 Å². The van der Waals surface area contributed by atoms with Crippen LogP contribution in [-0.4, -0.2) is 119 Å². The molecule has 3 aromatic rings. The second-order valence-corrected chi connectivity index (χ2v) is 10.5. The fourth-order valence-corrected chi connectivity index (χ4v) is 4.72. The van der Waals surface area contributed by atoms with E-state index in [1.54, 1.807) is 24.3 Å². The molecule has 0 unspecified atom stereocenters. The molecule has 0 spiro atoms. The molecule has 4 N–H and O–H groups in total. The van der Waals surface area contributed by atoms with E-state index >= 15 is 0 Å². The van der Waals surface area contributed by atoms with Crippen LogP contribution in [0.1, 0.15) is 11.1 Å². The van der Waals surface area contributed by atoms with Crippen LogP contribution in [0.25, 0.3) is 10.9 Å². The van der Waals surface area contributed by atoms with Gasteiger partial charge < -0.3 is 46.0 Å². The van der Waals surface area contributed by atoms with Gasteiger partial charge >= 0.3 is 11.9 Å². The molecule has 0 aliphatic carbocycles. The number of nitrogen functional groups attached to an aromatic ring is 1. The molecule has 2 aromatic carbocycles. The lowest BCUT2D eigenvalue weighted by molar-refractivity contribution is -0.308. The molecular weight excluding hydrogens is 604 g/mol. The Bertz CT molecular complexity index is 1560. The predicted molar refractivity (Wildman–Crippen MR) is 157 cm³/mol. The maximum atomic E-state index is 12.8. The second kappa shape index (κ2) is 16.7. The van der Waals surface area contributed by atoms with Gasteiger partial charge in [-0.25, -0.2) is 0 Å². The van der Waals surface area contributed by atoms with Gasteiger partial charge in [-0.2, -0.15) is 0 Å². The Hall–Kier alpha value is -5.32. The quantitative estimate of drug-likeness (QED) is 0.0653. The molecule has 0 saturated heterocycles. The third-order valence-corrected chi connectivity index (χ3v) is 6.73. The number of fused-ring (bicyclic) bond motifs is 1. The monoisotopic (exact) mass is 636 g/mol. The van der Waals surface area contributed by atoms with Crippen molar-refractivity contribution >= 4 is 52.1 Å². The molecule has 0 saturated carbocycles. The number of carboxylic acid groups (broad SMARTS) is 4. The third kappa shape index (κ3) is 12.0. The van der Waals surface area contributed by atoms with Crippen molar-refractivity contribution in [1.82, 2.24) is 19.7 Å². The Morgan fingerprint density at radius 2 is 1.28 bits per heavy atom. The zero-order valence-corrected chi connectivity index (χ0v) is 24.7. The van der Waals surface area contributed by atoms with Gasteiger partial charge in [0.25, 0.3) is 0 Å². The van der Waals surface area contributed by atoms with Crippen molar-refractivity contribution in [2.75, 3.05) is 64.6 Å². The van der Waals surface area contributed by atoms with E-state index in [1.165, 1.54) is 21.9 Å². The average Bonchev–Trinajstić information content (AvgIpc) is 2.94. The number of hydrogen-bond acceptors (Lipinski definition) is 14. The molecule has 3 rings (SSSR count). The summed E-state index contributed by atoms with van der Waals surface area (Å²) in [7, 11) is 0. The molecule has 0 atom stereocenters. The van der Waals surface area contributed by atoms with E-state index in [9.17, 15) is 39.6 Å². The Labute approximate surface area is 263 Å². The highest BCUT2D eigenvalue weighted by molar-refractivity contribution is 5.87. The molecule has 1 heterocycles. The Balaban J connectivity index is 1.72. The van der Waals surface area contributed by atoms with Crippen molar-refractivity contribution in [3.8, 4) is 5.88 Å². The van der Waals surface area contributed by atoms with E-state index in [-0.39, 0.29) is 31.9 Å². The van der Waals surface area contributed by atoms with Crippen LogP contribution in [0.15, 0.2) is 53.5 Å². The molecule has 16 heteroatoms. The molecule has 0 aliphatic heterocycles. The smallest absolute Gasteiger partial charge is 0.317 e. The summed E-state index contributed by atoms with van der Waals surface area (Å²) in [5.74, 6) is -6.73. The number of aromatic nitrogens is 1. The van der Waals surface area contributed by atoms with E-state index < -0.39 is 68.4 Å². The van der Waals surface area contributed by atoms with E-state index in [1.807, 2.05) is 12.1 Å². The van der Waals surface area contributed by atoms with Gasteiger partial charge in [0.2, 0.25) is 0 Å². The van der Waals surface area contributed by atoms with Gasteiger partial charge in [0, 0.05) is 56.9 Å². The minimum atomic E-state index is -1.50. The maximum absolute atomic E-state index is 12.8. The van der Waals surface area contributed by atoms with Crippen molar-refractivity contribution in [3.05, 3.63) is 59.7 Å². The summed E-state index contributed by atoms with van der Waals surface area (Å²) >= 11 is 0. The summed E-state index contributed by atoms with van der Waals surface area (Å²) in [6, 6.07) is 13.3. The zero-order valence-electron chi connectivity index (χ0n) is 24.7. The topological polar surface area (TPSA) is 262 Å². The van der Waals surface area contributed by atoms with E-state index in [2.05, 4.69) is 9.98 Å². The molecule has 1 aromatic heterocycles. The first kappa shape index (κ1) is 35.2. The van der Waals surface area contributed by atoms with Gasteiger partial charge in [-0.3, -0.25) is 34.3 Å². The van der Waals surface area contributed by atoms with Crippen molar-refractivity contribution in [2.24, 2.45) is 4.99 Å². The summed E-state index contributed by atoms with van der Waals surface area (Å²) < 4.78 is 0. The SMILES string of the molecule is Nc1ccc(Cc2cc([O-])nc3cc(N=C([O-])CN(CCN(CCN(CC(=O)O)CC(=O)O)CC(=O)[O-])CC(=O)[O-])ccc23)cc1. The Morgan fingerprint density at radius 3 is 1.85 bits per heavy atom. The Kier molecular flexibility index (Phi) is 12.7. The number of carbonyl (C=O) groups excluding carboxylic acids is 2. The molecule has 0 radical (unpaired) electrons. The number of aliphatic imine (C=N–C) groups is 1. The number of carboxylic acids is 4. The van der Waals surface area contributed by atoms with Crippen LogP contribution in [0.5, 0.6) is 5.88 Å². The fourth-order valence-electron chi connectivity index (χ4n) is 4.72. The van der Waals surface area contributed by atoms with Crippen LogP contribution < -0.4 is 26.2 Å². The molecule has 46 heavy (non-hydrogen) atoms. The number of aliphatic carboxylic acids is 4. The van der Waals surface area contributed by atoms with Crippen LogP contribution in [0.4, 0.5) is 11.4 Å². The van der Waals surface area contributed by atoms with Gasteiger partial charge in [-0.05, 0) is 59.7 Å². The number of nitrogens with zero attached hydrogens (tertiary/aromatic N) is 5. The summed E-state index contributed by atoms with van der Waals surface area (Å²) in [5, 5.41) is 66.5. The highest BCUT2D eigenvalue weighted by Gasteiger charge is 2.16. The Morgan fingerprint density at radius 1 is 0.739 bits per heavy atom. The number of pyridine rings is 1. The predicted octanol–water partition coefficient (Wildman–Crippen LogP) is -3.55. The largest absolute Gasteiger partial charge is 0.861 e. The number of rotatable bonds is 19. The second-order valence-electron chi connectivity index (χ2n) is 10.5. The fraction of sp³-hybridized carbons (Fsp3) is 0.333. The van der Waals surface area contributed by atoms with Crippen LogP contribution >= 0.6 is 0 Å². The van der Waals surface area contributed by atoms with Crippen LogP contribution in [0.3, 0.4) is 0 Å². The molecule has 246 valence electrons. The molecule has 0 amide bonds. The molecule has 16 nitrogen and oxygen atoms in total. The minimum Gasteiger partial charge on any atom is -0.861 e. The van der Waals surface area contributed by atoms with Crippen molar-refractivity contribution < 1.29 is 49.8 Å². The molecule has 0 aliphatic rings. The van der Waals surface area contributed by atoms with Gasteiger partial charge in [-0.15, -0.1) is 0 Å². The normalized spacial score (nSPS) is 11.8. The first-order chi connectivity index (χ1) is 21.8. The summed E-state index contributed by atoms with van der Waals surface area (Å²) in [6.45, 7) is -3.39. The standard InChI is InChI=1S/C30H36N6O10/c31-21-3-1-19(2-4-21)11-20-12-25(37)33-24-13-22(5-6-23(20)24)32-26(38)14-35(16-28(41)42)9-7-34(15-27(39)40)8-10-36(17-29(43)44)18-30(45)46/h1-6,12-13H,7-11,14-18,31H2,(H,32,38)(H,33,37)(H,39,40)(H,41,42)(H,43,44)(H,45,46)/p-4. The lowest BCUT2D eigenvalue weighted by Gasteiger charge is -2.30. The van der Waals surface area contributed by atoms with Crippen molar-refractivity contribution in [3.63, 3.8) is 0 Å². The number of benzene rings is 2. The first-order valence-electron chi connectivity index (χ1n) is 14.0. The number of nitrogens with two attached hydrogens (primary N) is 1. The third-order valence-electron chi connectivity index (χ3n) is 6.73. The lowest BCUT2D eigenvalue weighted by Crippen LogP contribution is -2.49.